The second-order valence-corrected chi connectivity index (χ2v) is 6.26. The zero-order valence-corrected chi connectivity index (χ0v) is 14.4. The maximum Gasteiger partial charge on any atom is 0.145 e. The van der Waals surface area contributed by atoms with Crippen LogP contribution in [0.5, 0.6) is 11.5 Å². The number of ether oxygens (including phenoxy) is 2. The molecule has 0 saturated carbocycles. The largest absolute Gasteiger partial charge is 0.456 e. The van der Waals surface area contributed by atoms with Gasteiger partial charge >= 0.3 is 0 Å². The van der Waals surface area contributed by atoms with Gasteiger partial charge in [-0.15, -0.1) is 0 Å². The summed E-state index contributed by atoms with van der Waals surface area (Å²) in [5.41, 5.74) is 1.53. The van der Waals surface area contributed by atoms with Crippen LogP contribution in [0.1, 0.15) is 24.3 Å². The van der Waals surface area contributed by atoms with E-state index in [1.54, 1.807) is 30.5 Å². The molecule has 140 valence electrons. The van der Waals surface area contributed by atoms with Crippen molar-refractivity contribution in [1.82, 2.24) is 4.98 Å². The van der Waals surface area contributed by atoms with E-state index in [4.69, 9.17) is 9.47 Å². The van der Waals surface area contributed by atoms with Crippen LogP contribution in [0.25, 0.3) is 0 Å². The van der Waals surface area contributed by atoms with Crippen LogP contribution >= 0.6 is 0 Å². The van der Waals surface area contributed by atoms with Gasteiger partial charge in [0.25, 0.3) is 0 Å². The van der Waals surface area contributed by atoms with Crippen LogP contribution in [-0.4, -0.2) is 56.4 Å². The Morgan fingerprint density at radius 3 is 2.50 bits per heavy atom. The summed E-state index contributed by atoms with van der Waals surface area (Å²) in [5.74, 6) is 1.10. The molecular formula is C19H23NO6. The molecule has 7 nitrogen and oxygen atoms in total. The Morgan fingerprint density at radius 2 is 1.85 bits per heavy atom. The number of rotatable bonds is 5. The fourth-order valence-electron chi connectivity index (χ4n) is 2.95. The Morgan fingerprint density at radius 1 is 1.04 bits per heavy atom. The Labute approximate surface area is 151 Å². The molecule has 1 aliphatic heterocycles. The van der Waals surface area contributed by atoms with Crippen molar-refractivity contribution in [2.45, 2.75) is 43.9 Å². The minimum atomic E-state index is -1.42. The molecule has 0 spiro atoms. The summed E-state index contributed by atoms with van der Waals surface area (Å²) in [7, 11) is 0. The summed E-state index contributed by atoms with van der Waals surface area (Å²) in [5, 5.41) is 39.4. The first kappa shape index (κ1) is 18.8. The molecule has 2 heterocycles. The van der Waals surface area contributed by atoms with Crippen LogP contribution in [-0.2, 0) is 11.2 Å². The van der Waals surface area contributed by atoms with E-state index in [1.165, 1.54) is 0 Å². The zero-order chi connectivity index (χ0) is 18.7. The molecule has 3 rings (SSSR count). The molecule has 26 heavy (non-hydrogen) atoms. The third-order valence-electron chi connectivity index (χ3n) is 4.47. The van der Waals surface area contributed by atoms with Gasteiger partial charge in [0.2, 0.25) is 0 Å². The smallest absolute Gasteiger partial charge is 0.145 e. The van der Waals surface area contributed by atoms with E-state index in [0.717, 1.165) is 12.1 Å². The second kappa shape index (κ2) is 8.11. The molecule has 5 atom stereocenters. The van der Waals surface area contributed by atoms with E-state index in [9.17, 15) is 20.4 Å². The number of aliphatic hydroxyl groups excluding tert-OH is 4. The van der Waals surface area contributed by atoms with Crippen molar-refractivity contribution in [3.8, 4) is 11.5 Å². The van der Waals surface area contributed by atoms with Gasteiger partial charge in [0, 0.05) is 5.69 Å². The quantitative estimate of drug-likeness (QED) is 0.627. The van der Waals surface area contributed by atoms with Gasteiger partial charge in [-0.05, 0) is 36.2 Å². The summed E-state index contributed by atoms with van der Waals surface area (Å²) < 4.78 is 11.4. The SMILES string of the molecule is CCc1ccc(Oc2cccc(C3OC(CO)C(O)C(O)C3O)c2)cn1. The fourth-order valence-corrected chi connectivity index (χ4v) is 2.95. The molecule has 1 aliphatic rings. The van der Waals surface area contributed by atoms with Crippen molar-refractivity contribution in [1.29, 1.82) is 0 Å². The number of hydrogen-bond donors (Lipinski definition) is 4. The summed E-state index contributed by atoms with van der Waals surface area (Å²) in [6.07, 6.45) is -3.49. The van der Waals surface area contributed by atoms with Gasteiger partial charge in [-0.1, -0.05) is 19.1 Å². The van der Waals surface area contributed by atoms with E-state index < -0.39 is 37.1 Å². The van der Waals surface area contributed by atoms with Gasteiger partial charge in [0.15, 0.2) is 0 Å². The molecular weight excluding hydrogens is 338 g/mol. The maximum atomic E-state index is 10.2. The van der Waals surface area contributed by atoms with Crippen LogP contribution in [0.4, 0.5) is 0 Å². The highest BCUT2D eigenvalue weighted by Crippen LogP contribution is 2.34. The van der Waals surface area contributed by atoms with Gasteiger partial charge in [-0.25, -0.2) is 0 Å². The molecule has 0 amide bonds. The van der Waals surface area contributed by atoms with Crippen LogP contribution in [0.15, 0.2) is 42.6 Å². The number of pyridine rings is 1. The lowest BCUT2D eigenvalue weighted by atomic mass is 9.91. The van der Waals surface area contributed by atoms with Crippen LogP contribution in [0.3, 0.4) is 0 Å². The highest BCUT2D eigenvalue weighted by atomic mass is 16.5. The number of aliphatic hydroxyl groups is 4. The van der Waals surface area contributed by atoms with Crippen molar-refractivity contribution in [2.24, 2.45) is 0 Å². The first-order valence-electron chi connectivity index (χ1n) is 8.56. The lowest BCUT2D eigenvalue weighted by Gasteiger charge is -2.40. The molecule has 1 fully saturated rings. The summed E-state index contributed by atoms with van der Waals surface area (Å²) in [4.78, 5) is 4.28. The number of hydrogen-bond acceptors (Lipinski definition) is 7. The van der Waals surface area contributed by atoms with E-state index in [-0.39, 0.29) is 0 Å². The lowest BCUT2D eigenvalue weighted by Crippen LogP contribution is -2.55. The average Bonchev–Trinajstić information content (AvgIpc) is 2.67. The third kappa shape index (κ3) is 3.87. The standard InChI is InChI=1S/C19H23NO6/c1-2-12-6-7-14(9-20-12)25-13-5-3-4-11(8-13)19-18(24)17(23)16(22)15(10-21)26-19/h3-9,15-19,21-24H,2,10H2,1H3. The summed E-state index contributed by atoms with van der Waals surface area (Å²) >= 11 is 0. The van der Waals surface area contributed by atoms with E-state index >= 15 is 0 Å². The van der Waals surface area contributed by atoms with Crippen LogP contribution in [0, 0.1) is 0 Å². The van der Waals surface area contributed by atoms with Gasteiger partial charge in [0.1, 0.15) is 42.0 Å². The molecule has 1 saturated heterocycles. The fraction of sp³-hybridized carbons (Fsp3) is 0.421. The minimum absolute atomic E-state index is 0.465. The molecule has 0 radical (unpaired) electrons. The number of benzene rings is 1. The van der Waals surface area contributed by atoms with E-state index in [1.807, 2.05) is 19.1 Å². The van der Waals surface area contributed by atoms with Crippen molar-refractivity contribution in [2.75, 3.05) is 6.61 Å². The Hall–Kier alpha value is -2.03. The molecule has 7 heteroatoms. The van der Waals surface area contributed by atoms with Crippen molar-refractivity contribution >= 4 is 0 Å². The van der Waals surface area contributed by atoms with Gasteiger partial charge in [-0.2, -0.15) is 0 Å². The molecule has 4 N–H and O–H groups in total. The van der Waals surface area contributed by atoms with Crippen molar-refractivity contribution in [3.63, 3.8) is 0 Å². The van der Waals surface area contributed by atoms with Gasteiger partial charge in [0.05, 0.1) is 12.8 Å². The minimum Gasteiger partial charge on any atom is -0.456 e. The Kier molecular flexibility index (Phi) is 5.85. The van der Waals surface area contributed by atoms with Crippen LogP contribution < -0.4 is 4.74 Å². The molecule has 1 aromatic heterocycles. The molecule has 1 aromatic carbocycles. The lowest BCUT2D eigenvalue weighted by molar-refractivity contribution is -0.231. The highest BCUT2D eigenvalue weighted by Gasteiger charge is 2.43. The predicted molar refractivity (Wildman–Crippen MR) is 92.9 cm³/mol. The van der Waals surface area contributed by atoms with E-state index in [2.05, 4.69) is 4.98 Å². The van der Waals surface area contributed by atoms with Crippen molar-refractivity contribution in [3.05, 3.63) is 53.9 Å². The van der Waals surface area contributed by atoms with Gasteiger partial charge < -0.3 is 29.9 Å². The van der Waals surface area contributed by atoms with Crippen LogP contribution in [0.2, 0.25) is 0 Å². The molecule has 2 aromatic rings. The second-order valence-electron chi connectivity index (χ2n) is 6.26. The number of aromatic nitrogens is 1. The Bertz CT molecular complexity index is 720. The number of nitrogens with zero attached hydrogens (tertiary/aromatic N) is 1. The molecule has 0 aliphatic carbocycles. The normalized spacial score (nSPS) is 28.7. The predicted octanol–water partition coefficient (Wildman–Crippen LogP) is 0.951. The topological polar surface area (TPSA) is 112 Å². The Balaban J connectivity index is 1.79. The summed E-state index contributed by atoms with van der Waals surface area (Å²) in [6, 6.07) is 10.6. The maximum absolute atomic E-state index is 10.2. The van der Waals surface area contributed by atoms with Gasteiger partial charge in [-0.3, -0.25) is 4.98 Å². The first-order valence-corrected chi connectivity index (χ1v) is 8.56. The molecule has 0 bridgehead atoms. The average molecular weight is 361 g/mol. The monoisotopic (exact) mass is 361 g/mol. The number of aryl methyl sites for hydroxylation is 1. The highest BCUT2D eigenvalue weighted by molar-refractivity contribution is 5.35. The first-order chi connectivity index (χ1) is 12.5. The molecule has 5 unspecified atom stereocenters. The van der Waals surface area contributed by atoms with Crippen molar-refractivity contribution < 1.29 is 29.9 Å². The zero-order valence-electron chi connectivity index (χ0n) is 14.4. The van der Waals surface area contributed by atoms with E-state index in [0.29, 0.717) is 17.1 Å². The summed E-state index contributed by atoms with van der Waals surface area (Å²) in [6.45, 7) is 1.56. The third-order valence-corrected chi connectivity index (χ3v) is 4.47.